The maximum atomic E-state index is 11.9. The lowest BCUT2D eigenvalue weighted by molar-refractivity contribution is 1.02. The molecule has 0 aliphatic rings. The van der Waals surface area contributed by atoms with Crippen LogP contribution in [-0.4, -0.2) is 19.9 Å². The van der Waals surface area contributed by atoms with E-state index in [-0.39, 0.29) is 5.56 Å². The summed E-state index contributed by atoms with van der Waals surface area (Å²) in [5.74, 6) is 1.29. The van der Waals surface area contributed by atoms with Gasteiger partial charge < -0.3 is 10.3 Å². The van der Waals surface area contributed by atoms with Gasteiger partial charge in [-0.15, -0.1) is 11.3 Å². The maximum Gasteiger partial charge on any atom is 0.254 e. The molecule has 0 saturated heterocycles. The van der Waals surface area contributed by atoms with Crippen LogP contribution in [0.2, 0.25) is 0 Å². The highest BCUT2D eigenvalue weighted by Gasteiger charge is 2.08. The van der Waals surface area contributed by atoms with Gasteiger partial charge in [0.05, 0.1) is 17.2 Å². The number of hydrogen-bond acceptors (Lipinski definition) is 6. The Hall–Kier alpha value is -2.54. The molecule has 24 heavy (non-hydrogen) atoms. The second kappa shape index (κ2) is 6.52. The lowest BCUT2D eigenvalue weighted by Crippen LogP contribution is -2.14. The molecule has 3 aromatic rings. The Kier molecular flexibility index (Phi) is 4.44. The molecule has 6 nitrogen and oxygen atoms in total. The summed E-state index contributed by atoms with van der Waals surface area (Å²) in [6.07, 6.45) is 1.70. The van der Waals surface area contributed by atoms with Crippen molar-refractivity contribution in [3.8, 4) is 11.4 Å². The van der Waals surface area contributed by atoms with Crippen molar-refractivity contribution in [3.63, 3.8) is 0 Å². The number of pyridine rings is 1. The first kappa shape index (κ1) is 16.3. The molecule has 0 radical (unpaired) electrons. The molecule has 0 bridgehead atoms. The lowest BCUT2D eigenvalue weighted by Gasteiger charge is -2.07. The molecule has 0 amide bonds. The van der Waals surface area contributed by atoms with Crippen molar-refractivity contribution in [2.24, 2.45) is 0 Å². The van der Waals surface area contributed by atoms with Crippen molar-refractivity contribution in [1.82, 2.24) is 19.9 Å². The van der Waals surface area contributed by atoms with E-state index in [4.69, 9.17) is 0 Å². The first-order valence-electron chi connectivity index (χ1n) is 7.65. The van der Waals surface area contributed by atoms with E-state index in [0.29, 0.717) is 17.9 Å². The van der Waals surface area contributed by atoms with Crippen LogP contribution >= 0.6 is 11.3 Å². The standard InChI is InChI=1S/C17H19N5OS/c1-9-10(2)20-16(22-17(9)23)13-5-6-15(18-7-13)19-8-14-11(3)24-12(4)21-14/h5-7H,8H2,1-4H3,(H,18,19)(H,20,22,23). The average Bonchev–Trinajstić information content (AvgIpc) is 2.88. The Labute approximate surface area is 144 Å². The van der Waals surface area contributed by atoms with Crippen molar-refractivity contribution in [1.29, 1.82) is 0 Å². The summed E-state index contributed by atoms with van der Waals surface area (Å²) >= 11 is 1.69. The van der Waals surface area contributed by atoms with Crippen molar-refractivity contribution < 1.29 is 0 Å². The summed E-state index contributed by atoms with van der Waals surface area (Å²) in [5.41, 5.74) is 3.07. The summed E-state index contributed by atoms with van der Waals surface area (Å²) in [4.78, 5) is 29.2. The summed E-state index contributed by atoms with van der Waals surface area (Å²) in [6.45, 7) is 8.31. The van der Waals surface area contributed by atoms with Gasteiger partial charge in [0.25, 0.3) is 5.56 Å². The number of aromatic amines is 1. The van der Waals surface area contributed by atoms with Crippen molar-refractivity contribution in [3.05, 3.63) is 55.5 Å². The molecule has 0 fully saturated rings. The molecule has 124 valence electrons. The number of thiazole rings is 1. The Morgan fingerprint density at radius 3 is 2.54 bits per heavy atom. The Morgan fingerprint density at radius 2 is 1.96 bits per heavy atom. The fourth-order valence-corrected chi connectivity index (χ4v) is 3.17. The van der Waals surface area contributed by atoms with Gasteiger partial charge in [0.1, 0.15) is 11.6 Å². The summed E-state index contributed by atoms with van der Waals surface area (Å²) < 4.78 is 0. The van der Waals surface area contributed by atoms with Crippen LogP contribution in [0.4, 0.5) is 5.82 Å². The average molecular weight is 341 g/mol. The molecule has 0 saturated carbocycles. The molecular weight excluding hydrogens is 322 g/mol. The minimum Gasteiger partial charge on any atom is -0.364 e. The van der Waals surface area contributed by atoms with Crippen LogP contribution in [0.3, 0.4) is 0 Å². The first-order valence-corrected chi connectivity index (χ1v) is 8.46. The molecule has 0 aliphatic heterocycles. The highest BCUT2D eigenvalue weighted by atomic mass is 32.1. The van der Waals surface area contributed by atoms with Crippen LogP contribution in [-0.2, 0) is 6.54 Å². The molecule has 0 atom stereocenters. The Morgan fingerprint density at radius 1 is 1.17 bits per heavy atom. The Balaban J connectivity index is 1.76. The molecule has 0 unspecified atom stereocenters. The molecule has 0 spiro atoms. The number of nitrogens with zero attached hydrogens (tertiary/aromatic N) is 3. The molecule has 3 rings (SSSR count). The smallest absolute Gasteiger partial charge is 0.254 e. The third kappa shape index (κ3) is 3.35. The third-order valence-electron chi connectivity index (χ3n) is 3.87. The van der Waals surface area contributed by atoms with Gasteiger partial charge in [-0.2, -0.15) is 0 Å². The highest BCUT2D eigenvalue weighted by Crippen LogP contribution is 2.19. The number of aromatic nitrogens is 4. The predicted octanol–water partition coefficient (Wildman–Crippen LogP) is 3.13. The van der Waals surface area contributed by atoms with E-state index >= 15 is 0 Å². The second-order valence-corrected chi connectivity index (χ2v) is 7.05. The van der Waals surface area contributed by atoms with Crippen molar-refractivity contribution in [2.45, 2.75) is 34.2 Å². The quantitative estimate of drug-likeness (QED) is 0.762. The minimum absolute atomic E-state index is 0.117. The topological polar surface area (TPSA) is 83.6 Å². The van der Waals surface area contributed by atoms with E-state index < -0.39 is 0 Å². The monoisotopic (exact) mass is 341 g/mol. The molecular formula is C17H19N5OS. The number of H-pyrrole nitrogens is 1. The van der Waals surface area contributed by atoms with Gasteiger partial charge in [-0.1, -0.05) is 0 Å². The largest absolute Gasteiger partial charge is 0.364 e. The van der Waals surface area contributed by atoms with Gasteiger partial charge in [0.15, 0.2) is 0 Å². The summed E-state index contributed by atoms with van der Waals surface area (Å²) in [6, 6.07) is 3.76. The van der Waals surface area contributed by atoms with Gasteiger partial charge in [-0.3, -0.25) is 4.79 Å². The number of rotatable bonds is 4. The van der Waals surface area contributed by atoms with Gasteiger partial charge in [-0.25, -0.2) is 15.0 Å². The van der Waals surface area contributed by atoms with Crippen LogP contribution in [0.1, 0.15) is 26.8 Å². The SMILES string of the molecule is Cc1nc(CNc2ccc(-c3nc(C)c(C)c(=O)[nH]3)cn2)c(C)s1. The van der Waals surface area contributed by atoms with Crippen LogP contribution in [0, 0.1) is 27.7 Å². The normalized spacial score (nSPS) is 10.8. The highest BCUT2D eigenvalue weighted by molar-refractivity contribution is 7.11. The molecule has 3 aromatic heterocycles. The van der Waals surface area contributed by atoms with Crippen LogP contribution in [0.5, 0.6) is 0 Å². The maximum absolute atomic E-state index is 11.9. The van der Waals surface area contributed by atoms with Crippen LogP contribution in [0.25, 0.3) is 11.4 Å². The van der Waals surface area contributed by atoms with E-state index in [0.717, 1.165) is 27.8 Å². The summed E-state index contributed by atoms with van der Waals surface area (Å²) in [5, 5.41) is 4.33. The van der Waals surface area contributed by atoms with Crippen molar-refractivity contribution >= 4 is 17.2 Å². The van der Waals surface area contributed by atoms with Gasteiger partial charge in [-0.05, 0) is 39.8 Å². The fourth-order valence-electron chi connectivity index (χ4n) is 2.33. The van der Waals surface area contributed by atoms with Crippen LogP contribution < -0.4 is 10.9 Å². The minimum atomic E-state index is -0.117. The zero-order valence-electron chi connectivity index (χ0n) is 14.1. The molecule has 2 N–H and O–H groups in total. The zero-order chi connectivity index (χ0) is 17.3. The van der Waals surface area contributed by atoms with Gasteiger partial charge in [0.2, 0.25) is 0 Å². The predicted molar refractivity (Wildman–Crippen MR) is 96.5 cm³/mol. The Bertz CT molecular complexity index is 927. The van der Waals surface area contributed by atoms with Gasteiger partial charge in [0, 0.05) is 27.9 Å². The number of nitrogens with one attached hydrogen (secondary N) is 2. The number of hydrogen-bond donors (Lipinski definition) is 2. The molecule has 0 aromatic carbocycles. The second-order valence-electron chi connectivity index (χ2n) is 5.65. The van der Waals surface area contributed by atoms with E-state index in [1.54, 1.807) is 24.5 Å². The molecule has 3 heterocycles. The van der Waals surface area contributed by atoms with Crippen LogP contribution in [0.15, 0.2) is 23.1 Å². The van der Waals surface area contributed by atoms with E-state index in [2.05, 4.69) is 32.2 Å². The van der Waals surface area contributed by atoms with Gasteiger partial charge >= 0.3 is 0 Å². The fraction of sp³-hybridized carbons (Fsp3) is 0.294. The number of aryl methyl sites for hydroxylation is 3. The van der Waals surface area contributed by atoms with E-state index in [1.807, 2.05) is 26.0 Å². The zero-order valence-corrected chi connectivity index (χ0v) is 14.9. The number of anilines is 1. The van der Waals surface area contributed by atoms with E-state index in [9.17, 15) is 4.79 Å². The van der Waals surface area contributed by atoms with Crippen molar-refractivity contribution in [2.75, 3.05) is 5.32 Å². The third-order valence-corrected chi connectivity index (χ3v) is 4.80. The lowest BCUT2D eigenvalue weighted by atomic mass is 10.2. The summed E-state index contributed by atoms with van der Waals surface area (Å²) in [7, 11) is 0. The molecule has 0 aliphatic carbocycles. The molecule has 7 heteroatoms. The van der Waals surface area contributed by atoms with E-state index in [1.165, 1.54) is 4.88 Å². The first-order chi connectivity index (χ1) is 11.4.